The van der Waals surface area contributed by atoms with Crippen LogP contribution < -0.4 is 23.8 Å². The Morgan fingerprint density at radius 1 is 0.917 bits per heavy atom. The number of carbonyl (C=O) groups excluding carboxylic acids is 1. The minimum atomic E-state index is -4.10. The molecule has 36 heavy (non-hydrogen) atoms. The molecule has 0 aromatic heterocycles. The zero-order valence-electron chi connectivity index (χ0n) is 19.9. The summed E-state index contributed by atoms with van der Waals surface area (Å²) in [5.74, 6) is 0.716. The lowest BCUT2D eigenvalue weighted by molar-refractivity contribution is 0.0954. The van der Waals surface area contributed by atoms with Crippen LogP contribution in [0.2, 0.25) is 5.02 Å². The van der Waals surface area contributed by atoms with Gasteiger partial charge in [0.05, 0.1) is 26.5 Å². The second kappa shape index (κ2) is 12.3. The van der Waals surface area contributed by atoms with Crippen molar-refractivity contribution in [3.8, 4) is 23.0 Å². The van der Waals surface area contributed by atoms with Gasteiger partial charge in [0.2, 0.25) is 0 Å². The summed E-state index contributed by atoms with van der Waals surface area (Å²) in [7, 11) is -2.59. The highest BCUT2D eigenvalue weighted by Crippen LogP contribution is 2.31. The van der Waals surface area contributed by atoms with Crippen molar-refractivity contribution in [3.63, 3.8) is 0 Å². The molecule has 0 aliphatic rings. The van der Waals surface area contributed by atoms with E-state index >= 15 is 0 Å². The monoisotopic (exact) mass is 532 g/mol. The second-order valence-corrected chi connectivity index (χ2v) is 9.11. The van der Waals surface area contributed by atoms with Crippen molar-refractivity contribution in [1.82, 2.24) is 5.43 Å². The van der Waals surface area contributed by atoms with Crippen LogP contribution in [0.3, 0.4) is 0 Å². The van der Waals surface area contributed by atoms with Crippen molar-refractivity contribution in [2.24, 2.45) is 5.10 Å². The fraction of sp³-hybridized carbons (Fsp3) is 0.200. The normalized spacial score (nSPS) is 11.2. The molecule has 190 valence electrons. The minimum absolute atomic E-state index is 0.00896. The van der Waals surface area contributed by atoms with Crippen molar-refractivity contribution in [2.75, 3.05) is 20.3 Å². The van der Waals surface area contributed by atoms with Crippen molar-refractivity contribution < 1.29 is 31.6 Å². The smallest absolute Gasteiger partial charge is 0.339 e. The Kier molecular flexibility index (Phi) is 9.15. The Morgan fingerprint density at radius 2 is 1.56 bits per heavy atom. The van der Waals surface area contributed by atoms with Gasteiger partial charge in [0.25, 0.3) is 5.91 Å². The number of carbonyl (C=O) groups is 1. The molecule has 0 unspecified atom stereocenters. The van der Waals surface area contributed by atoms with Gasteiger partial charge in [-0.3, -0.25) is 4.79 Å². The maximum atomic E-state index is 12.6. The number of methoxy groups -OCH3 is 1. The Hall–Kier alpha value is -3.76. The van der Waals surface area contributed by atoms with Crippen LogP contribution in [0.1, 0.15) is 29.8 Å². The summed E-state index contributed by atoms with van der Waals surface area (Å²) in [6.07, 6.45) is 1.39. The summed E-state index contributed by atoms with van der Waals surface area (Å²) in [6.45, 7) is 4.27. The van der Waals surface area contributed by atoms with Crippen molar-refractivity contribution >= 4 is 33.8 Å². The molecule has 0 aliphatic carbocycles. The van der Waals surface area contributed by atoms with Gasteiger partial charge in [0.15, 0.2) is 23.0 Å². The lowest BCUT2D eigenvalue weighted by Gasteiger charge is -2.12. The first-order valence-electron chi connectivity index (χ1n) is 10.9. The molecule has 0 fully saturated rings. The van der Waals surface area contributed by atoms with Gasteiger partial charge in [-0.2, -0.15) is 13.5 Å². The molecule has 0 radical (unpaired) electrons. The number of amides is 1. The van der Waals surface area contributed by atoms with E-state index in [9.17, 15) is 13.2 Å². The number of hydrogen-bond acceptors (Lipinski definition) is 8. The molecule has 9 nitrogen and oxygen atoms in total. The summed E-state index contributed by atoms with van der Waals surface area (Å²) in [5, 5.41) is 4.38. The van der Waals surface area contributed by atoms with Crippen LogP contribution in [0.15, 0.2) is 70.7 Å². The van der Waals surface area contributed by atoms with Crippen LogP contribution in [-0.2, 0) is 10.1 Å². The molecule has 0 atom stereocenters. The predicted molar refractivity (Wildman–Crippen MR) is 136 cm³/mol. The number of hydrazone groups is 1. The van der Waals surface area contributed by atoms with Gasteiger partial charge < -0.3 is 18.4 Å². The highest BCUT2D eigenvalue weighted by molar-refractivity contribution is 7.87. The highest BCUT2D eigenvalue weighted by atomic mass is 35.5. The summed E-state index contributed by atoms with van der Waals surface area (Å²) in [6, 6.07) is 15.0. The predicted octanol–water partition coefficient (Wildman–Crippen LogP) is 4.68. The third-order valence-corrected chi connectivity index (χ3v) is 6.18. The van der Waals surface area contributed by atoms with E-state index in [-0.39, 0.29) is 23.0 Å². The average molecular weight is 533 g/mol. The largest absolute Gasteiger partial charge is 0.493 e. The van der Waals surface area contributed by atoms with E-state index in [1.807, 2.05) is 6.92 Å². The van der Waals surface area contributed by atoms with Crippen LogP contribution >= 0.6 is 11.6 Å². The molecule has 3 aromatic carbocycles. The molecule has 0 aliphatic heterocycles. The zero-order valence-corrected chi connectivity index (χ0v) is 21.4. The molecular weight excluding hydrogens is 508 g/mol. The van der Waals surface area contributed by atoms with Crippen molar-refractivity contribution in [1.29, 1.82) is 0 Å². The summed E-state index contributed by atoms with van der Waals surface area (Å²) >= 11 is 5.83. The first kappa shape index (κ1) is 26.8. The number of halogens is 1. The molecule has 11 heteroatoms. The summed E-state index contributed by atoms with van der Waals surface area (Å²) in [5.41, 5.74) is 3.32. The van der Waals surface area contributed by atoms with Gasteiger partial charge in [-0.1, -0.05) is 11.6 Å². The van der Waals surface area contributed by atoms with Gasteiger partial charge in [-0.05, 0) is 80.1 Å². The summed E-state index contributed by atoms with van der Waals surface area (Å²) < 4.78 is 46.8. The van der Waals surface area contributed by atoms with Crippen molar-refractivity contribution in [2.45, 2.75) is 18.7 Å². The third kappa shape index (κ3) is 6.89. The molecule has 0 bridgehead atoms. The zero-order chi connectivity index (χ0) is 26.1. The maximum Gasteiger partial charge on any atom is 0.339 e. The lowest BCUT2D eigenvalue weighted by atomic mass is 10.2. The van der Waals surface area contributed by atoms with Gasteiger partial charge in [0.1, 0.15) is 4.90 Å². The molecule has 1 amide bonds. The molecule has 3 aromatic rings. The molecule has 3 rings (SSSR count). The third-order valence-electron chi connectivity index (χ3n) is 4.67. The number of hydrogen-bond donors (Lipinski definition) is 1. The SMILES string of the molecule is CCOc1cc(C(=O)N/N=C/c2ccc(OS(=O)(=O)c3ccc(Cl)cc3)c(OCC)c2)ccc1OC. The average Bonchev–Trinajstić information content (AvgIpc) is 2.86. The molecule has 0 saturated heterocycles. The van der Waals surface area contributed by atoms with Crippen molar-refractivity contribution in [3.05, 3.63) is 76.8 Å². The van der Waals surface area contributed by atoms with Crippen LogP contribution in [0.4, 0.5) is 0 Å². The molecule has 0 heterocycles. The van der Waals surface area contributed by atoms with E-state index in [1.165, 1.54) is 43.7 Å². The fourth-order valence-electron chi connectivity index (χ4n) is 3.03. The number of rotatable bonds is 11. The van der Waals surface area contributed by atoms with Gasteiger partial charge in [-0.25, -0.2) is 5.43 Å². The Morgan fingerprint density at radius 3 is 2.19 bits per heavy atom. The lowest BCUT2D eigenvalue weighted by Crippen LogP contribution is -2.17. The number of benzene rings is 3. The van der Waals surface area contributed by atoms with Crippen LogP contribution in [0, 0.1) is 0 Å². The Bertz CT molecular complexity index is 1340. The topological polar surface area (TPSA) is 113 Å². The second-order valence-electron chi connectivity index (χ2n) is 7.13. The quantitative estimate of drug-likeness (QED) is 0.217. The molecule has 0 saturated carbocycles. The fourth-order valence-corrected chi connectivity index (χ4v) is 4.09. The highest BCUT2D eigenvalue weighted by Gasteiger charge is 2.19. The van der Waals surface area contributed by atoms with E-state index in [1.54, 1.807) is 37.3 Å². The van der Waals surface area contributed by atoms with Crippen LogP contribution in [0.5, 0.6) is 23.0 Å². The Labute approximate surface area is 214 Å². The molecule has 0 spiro atoms. The first-order chi connectivity index (χ1) is 17.3. The van der Waals surface area contributed by atoms with Crippen LogP contribution in [0.25, 0.3) is 0 Å². The number of nitrogens with one attached hydrogen (secondary N) is 1. The number of nitrogens with zero attached hydrogens (tertiary/aromatic N) is 1. The maximum absolute atomic E-state index is 12.6. The van der Waals surface area contributed by atoms with E-state index in [4.69, 9.17) is 30.0 Å². The summed E-state index contributed by atoms with van der Waals surface area (Å²) in [4.78, 5) is 12.4. The van der Waals surface area contributed by atoms with E-state index in [0.29, 0.717) is 34.3 Å². The number of ether oxygens (including phenoxy) is 3. The van der Waals surface area contributed by atoms with E-state index in [2.05, 4.69) is 10.5 Å². The van der Waals surface area contributed by atoms with Gasteiger partial charge >= 0.3 is 10.1 Å². The Balaban J connectivity index is 1.74. The standard InChI is InChI=1S/C25H25ClN2O7S/c1-4-33-23-14-17(6-12-22(23)35-36(30,31)20-10-8-19(26)9-11-20)16-27-28-25(29)18-7-13-21(32-3)24(15-18)34-5-2/h6-16H,4-5H2,1-3H3,(H,28,29)/b27-16+. The molecule has 1 N–H and O–H groups in total. The molecular formula is C25H25ClN2O7S. The first-order valence-corrected chi connectivity index (χ1v) is 12.7. The van der Waals surface area contributed by atoms with E-state index in [0.717, 1.165) is 0 Å². The van der Waals surface area contributed by atoms with Crippen LogP contribution in [-0.4, -0.2) is 40.9 Å². The van der Waals surface area contributed by atoms with Gasteiger partial charge in [-0.15, -0.1) is 0 Å². The van der Waals surface area contributed by atoms with Gasteiger partial charge in [0, 0.05) is 10.6 Å². The van der Waals surface area contributed by atoms with E-state index < -0.39 is 16.0 Å². The minimum Gasteiger partial charge on any atom is -0.493 e.